The van der Waals surface area contributed by atoms with Gasteiger partial charge in [-0.2, -0.15) is 5.10 Å². The van der Waals surface area contributed by atoms with Crippen molar-refractivity contribution in [3.63, 3.8) is 0 Å². The highest BCUT2D eigenvalue weighted by atomic mass is 16.5. The molecule has 0 unspecified atom stereocenters. The van der Waals surface area contributed by atoms with Crippen LogP contribution in [0.1, 0.15) is 44.2 Å². The van der Waals surface area contributed by atoms with Gasteiger partial charge in [-0.1, -0.05) is 42.5 Å². The van der Waals surface area contributed by atoms with E-state index in [1.54, 1.807) is 12.1 Å². The minimum Gasteiger partial charge on any atom is -0.497 e. The number of hydrazone groups is 1. The lowest BCUT2D eigenvalue weighted by Crippen LogP contribution is -2.40. The van der Waals surface area contributed by atoms with Gasteiger partial charge in [-0.3, -0.25) is 4.79 Å². The van der Waals surface area contributed by atoms with E-state index in [2.05, 4.69) is 5.10 Å². The van der Waals surface area contributed by atoms with Gasteiger partial charge in [0.1, 0.15) is 5.75 Å². The average Bonchev–Trinajstić information content (AvgIpc) is 3.04. The lowest BCUT2D eigenvalue weighted by Gasteiger charge is -2.28. The monoisotopic (exact) mass is 380 g/mol. The quantitative estimate of drug-likeness (QED) is 0.638. The van der Waals surface area contributed by atoms with Crippen molar-refractivity contribution < 1.29 is 14.3 Å². The number of hydrogen-bond donors (Lipinski definition) is 0. The molecule has 0 atom stereocenters. The van der Waals surface area contributed by atoms with Gasteiger partial charge in [-0.15, -0.1) is 0 Å². The molecule has 0 saturated carbocycles. The van der Waals surface area contributed by atoms with Gasteiger partial charge in [-0.25, -0.2) is 5.01 Å². The Labute approximate surface area is 167 Å². The predicted molar refractivity (Wildman–Crippen MR) is 110 cm³/mol. The maximum Gasteiger partial charge on any atom is 0.243 e. The molecule has 2 aromatic carbocycles. The molecule has 0 fully saturated rings. The SMILES string of the molecule is COc1cccc(C2=NN(C(=O)CCCOCc3ccccc3)C(C)(C)C2)c1. The predicted octanol–water partition coefficient (Wildman–Crippen LogP) is 4.41. The van der Waals surface area contributed by atoms with Crippen LogP contribution < -0.4 is 4.74 Å². The molecule has 5 nitrogen and oxygen atoms in total. The number of methoxy groups -OCH3 is 1. The molecule has 0 radical (unpaired) electrons. The van der Waals surface area contributed by atoms with Crippen molar-refractivity contribution in [2.75, 3.05) is 13.7 Å². The number of carbonyl (C=O) groups excluding carboxylic acids is 1. The van der Waals surface area contributed by atoms with Gasteiger partial charge in [0.25, 0.3) is 0 Å². The van der Waals surface area contributed by atoms with Crippen LogP contribution in [-0.4, -0.2) is 35.9 Å². The second kappa shape index (κ2) is 9.02. The molecule has 0 spiro atoms. The zero-order valence-corrected chi connectivity index (χ0v) is 16.9. The Hall–Kier alpha value is -2.66. The minimum absolute atomic E-state index is 0.0335. The Morgan fingerprint density at radius 2 is 1.93 bits per heavy atom. The molecule has 5 heteroatoms. The summed E-state index contributed by atoms with van der Waals surface area (Å²) in [6.45, 7) is 5.23. The second-order valence-corrected chi connectivity index (χ2v) is 7.62. The zero-order valence-electron chi connectivity index (χ0n) is 16.9. The summed E-state index contributed by atoms with van der Waals surface area (Å²) in [5.41, 5.74) is 2.72. The van der Waals surface area contributed by atoms with E-state index in [-0.39, 0.29) is 11.4 Å². The van der Waals surface area contributed by atoms with E-state index in [0.717, 1.165) is 29.0 Å². The maximum atomic E-state index is 12.7. The summed E-state index contributed by atoms with van der Waals surface area (Å²) in [4.78, 5) is 12.7. The van der Waals surface area contributed by atoms with E-state index in [0.29, 0.717) is 26.1 Å². The summed E-state index contributed by atoms with van der Waals surface area (Å²) in [6.07, 6.45) is 1.83. The van der Waals surface area contributed by atoms with Crippen LogP contribution >= 0.6 is 0 Å². The lowest BCUT2D eigenvalue weighted by molar-refractivity contribution is -0.135. The third kappa shape index (κ3) is 4.98. The summed E-state index contributed by atoms with van der Waals surface area (Å²) in [5.74, 6) is 0.824. The van der Waals surface area contributed by atoms with Crippen LogP contribution in [0.5, 0.6) is 5.75 Å². The Balaban J connectivity index is 1.53. The molecular weight excluding hydrogens is 352 g/mol. The van der Waals surface area contributed by atoms with Gasteiger partial charge in [-0.05, 0) is 38.0 Å². The van der Waals surface area contributed by atoms with Gasteiger partial charge in [0.05, 0.1) is 25.0 Å². The van der Waals surface area contributed by atoms with E-state index in [1.165, 1.54) is 0 Å². The normalized spacial score (nSPS) is 15.4. The molecular formula is C23H28N2O3. The third-order valence-corrected chi connectivity index (χ3v) is 4.82. The van der Waals surface area contributed by atoms with Crippen LogP contribution in [0.15, 0.2) is 59.7 Å². The highest BCUT2D eigenvalue weighted by molar-refractivity contribution is 6.03. The first-order chi connectivity index (χ1) is 13.5. The Morgan fingerprint density at radius 1 is 1.14 bits per heavy atom. The number of nitrogens with zero attached hydrogens (tertiary/aromatic N) is 2. The standard InChI is InChI=1S/C23H28N2O3/c1-23(2)16-21(19-11-7-12-20(15-19)27-3)24-25(23)22(26)13-8-14-28-17-18-9-5-4-6-10-18/h4-7,9-12,15H,8,13-14,16-17H2,1-3H3. The van der Waals surface area contributed by atoms with Crippen LogP contribution in [0.4, 0.5) is 0 Å². The Morgan fingerprint density at radius 3 is 2.68 bits per heavy atom. The first kappa shape index (κ1) is 20.1. The summed E-state index contributed by atoms with van der Waals surface area (Å²) < 4.78 is 11.0. The molecule has 2 aromatic rings. The molecule has 148 valence electrons. The van der Waals surface area contributed by atoms with Crippen molar-refractivity contribution in [3.05, 3.63) is 65.7 Å². The van der Waals surface area contributed by atoms with Crippen LogP contribution in [0.2, 0.25) is 0 Å². The van der Waals surface area contributed by atoms with Gasteiger partial charge in [0, 0.05) is 25.0 Å². The lowest BCUT2D eigenvalue weighted by atomic mass is 9.94. The van der Waals surface area contributed by atoms with Gasteiger partial charge in [0.15, 0.2) is 0 Å². The minimum atomic E-state index is -0.333. The van der Waals surface area contributed by atoms with Crippen molar-refractivity contribution in [3.8, 4) is 5.75 Å². The number of amides is 1. The van der Waals surface area contributed by atoms with E-state index in [1.807, 2.05) is 68.4 Å². The van der Waals surface area contributed by atoms with Crippen LogP contribution in [0, 0.1) is 0 Å². The second-order valence-electron chi connectivity index (χ2n) is 7.62. The molecule has 1 aliphatic heterocycles. The van der Waals surface area contributed by atoms with Crippen molar-refractivity contribution in [2.24, 2.45) is 5.10 Å². The molecule has 28 heavy (non-hydrogen) atoms. The van der Waals surface area contributed by atoms with Gasteiger partial charge < -0.3 is 9.47 Å². The van der Waals surface area contributed by atoms with Crippen molar-refractivity contribution in [1.82, 2.24) is 5.01 Å². The number of carbonyl (C=O) groups is 1. The molecule has 0 aliphatic carbocycles. The molecule has 1 heterocycles. The van der Waals surface area contributed by atoms with E-state index in [4.69, 9.17) is 9.47 Å². The molecule has 3 rings (SSSR count). The molecule has 0 bridgehead atoms. The fraction of sp³-hybridized carbons (Fsp3) is 0.391. The van der Waals surface area contributed by atoms with E-state index >= 15 is 0 Å². The smallest absolute Gasteiger partial charge is 0.243 e. The fourth-order valence-electron chi connectivity index (χ4n) is 3.33. The summed E-state index contributed by atoms with van der Waals surface area (Å²) in [6, 6.07) is 17.9. The summed E-state index contributed by atoms with van der Waals surface area (Å²) in [7, 11) is 1.65. The number of benzene rings is 2. The number of rotatable bonds is 8. The Bertz CT molecular complexity index is 831. The molecule has 0 saturated heterocycles. The van der Waals surface area contributed by atoms with Crippen LogP contribution in [0.3, 0.4) is 0 Å². The summed E-state index contributed by atoms with van der Waals surface area (Å²) >= 11 is 0. The number of ether oxygens (including phenoxy) is 2. The molecule has 1 amide bonds. The first-order valence-corrected chi connectivity index (χ1v) is 9.66. The van der Waals surface area contributed by atoms with Crippen LogP contribution in [-0.2, 0) is 16.1 Å². The topological polar surface area (TPSA) is 51.1 Å². The van der Waals surface area contributed by atoms with Crippen molar-refractivity contribution in [2.45, 2.75) is 45.3 Å². The molecule has 1 aliphatic rings. The van der Waals surface area contributed by atoms with E-state index in [9.17, 15) is 4.79 Å². The van der Waals surface area contributed by atoms with Gasteiger partial charge in [0.2, 0.25) is 5.91 Å². The highest BCUT2D eigenvalue weighted by Gasteiger charge is 2.38. The molecule has 0 N–H and O–H groups in total. The van der Waals surface area contributed by atoms with Crippen LogP contribution in [0.25, 0.3) is 0 Å². The average molecular weight is 380 g/mol. The summed E-state index contributed by atoms with van der Waals surface area (Å²) in [5, 5.41) is 6.27. The van der Waals surface area contributed by atoms with E-state index < -0.39 is 0 Å². The van der Waals surface area contributed by atoms with Crippen molar-refractivity contribution in [1.29, 1.82) is 0 Å². The molecule has 0 aromatic heterocycles. The first-order valence-electron chi connectivity index (χ1n) is 9.66. The van der Waals surface area contributed by atoms with Gasteiger partial charge >= 0.3 is 0 Å². The zero-order chi connectivity index (χ0) is 20.0. The third-order valence-electron chi connectivity index (χ3n) is 4.82. The Kier molecular flexibility index (Phi) is 6.47. The largest absolute Gasteiger partial charge is 0.497 e. The fourth-order valence-corrected chi connectivity index (χ4v) is 3.33. The highest BCUT2D eigenvalue weighted by Crippen LogP contribution is 2.31. The maximum absolute atomic E-state index is 12.7. The number of hydrogen-bond acceptors (Lipinski definition) is 4. The van der Waals surface area contributed by atoms with Crippen molar-refractivity contribution >= 4 is 11.6 Å².